The van der Waals surface area contributed by atoms with Gasteiger partial charge in [-0.25, -0.2) is 0 Å². The average molecular weight is 405 g/mol. The van der Waals surface area contributed by atoms with E-state index in [-0.39, 0.29) is 17.7 Å². The van der Waals surface area contributed by atoms with Crippen LogP contribution in [0.15, 0.2) is 0 Å². The first-order chi connectivity index (χ1) is 12.9. The van der Waals surface area contributed by atoms with E-state index in [1.807, 2.05) is 0 Å². The molecule has 0 radical (unpaired) electrons. The smallest absolute Gasteiger partial charge is 0.305 e. The quantitative estimate of drug-likeness (QED) is 0.155. The minimum atomic E-state index is -0.716. The molecule has 0 heterocycles. The second-order valence-corrected chi connectivity index (χ2v) is 7.07. The van der Waals surface area contributed by atoms with Crippen LogP contribution in [0.1, 0.15) is 83.5 Å². The SMILES string of the molecule is COC(=O)CCCCCCCC(=O)C(CCCCCCC(=O)OC)C(=O)Cl. The molecular weight excluding hydrogens is 372 g/mol. The van der Waals surface area contributed by atoms with Gasteiger partial charge in [0.25, 0.3) is 0 Å². The molecule has 0 aliphatic heterocycles. The Morgan fingerprint density at radius 3 is 1.52 bits per heavy atom. The monoisotopic (exact) mass is 404 g/mol. The molecule has 0 amide bonds. The van der Waals surface area contributed by atoms with Gasteiger partial charge in [0.15, 0.2) is 0 Å². The number of rotatable bonds is 17. The van der Waals surface area contributed by atoms with E-state index in [4.69, 9.17) is 11.6 Å². The molecule has 27 heavy (non-hydrogen) atoms. The summed E-state index contributed by atoms with van der Waals surface area (Å²) in [6, 6.07) is 0. The third kappa shape index (κ3) is 14.3. The van der Waals surface area contributed by atoms with Crippen LogP contribution in [0.2, 0.25) is 0 Å². The Hall–Kier alpha value is -1.43. The first-order valence-corrected chi connectivity index (χ1v) is 10.2. The summed E-state index contributed by atoms with van der Waals surface area (Å²) >= 11 is 5.60. The third-order valence-electron chi connectivity index (χ3n) is 4.55. The number of ether oxygens (including phenoxy) is 2. The number of methoxy groups -OCH3 is 2. The second-order valence-electron chi connectivity index (χ2n) is 6.70. The molecule has 0 aromatic heterocycles. The van der Waals surface area contributed by atoms with Crippen molar-refractivity contribution in [3.05, 3.63) is 0 Å². The molecule has 0 aromatic carbocycles. The predicted molar refractivity (Wildman–Crippen MR) is 103 cm³/mol. The zero-order valence-electron chi connectivity index (χ0n) is 16.6. The molecule has 0 aliphatic rings. The van der Waals surface area contributed by atoms with Gasteiger partial charge in [0.05, 0.1) is 20.1 Å². The highest BCUT2D eigenvalue weighted by molar-refractivity contribution is 6.65. The van der Waals surface area contributed by atoms with E-state index in [0.717, 1.165) is 57.8 Å². The predicted octanol–water partition coefficient (Wildman–Crippen LogP) is 4.35. The van der Waals surface area contributed by atoms with Crippen LogP contribution in [-0.2, 0) is 28.7 Å². The molecule has 156 valence electrons. The van der Waals surface area contributed by atoms with E-state index < -0.39 is 11.2 Å². The lowest BCUT2D eigenvalue weighted by Gasteiger charge is -2.11. The van der Waals surface area contributed by atoms with Crippen molar-refractivity contribution in [2.75, 3.05) is 14.2 Å². The zero-order chi connectivity index (χ0) is 20.5. The molecule has 6 nitrogen and oxygen atoms in total. The first-order valence-electron chi connectivity index (χ1n) is 9.78. The van der Waals surface area contributed by atoms with Gasteiger partial charge in [-0.1, -0.05) is 38.5 Å². The number of carbonyl (C=O) groups excluding carboxylic acids is 4. The molecule has 0 spiro atoms. The summed E-state index contributed by atoms with van der Waals surface area (Å²) in [5.74, 6) is -1.21. The highest BCUT2D eigenvalue weighted by Crippen LogP contribution is 2.19. The van der Waals surface area contributed by atoms with Crippen molar-refractivity contribution >= 4 is 34.6 Å². The minimum absolute atomic E-state index is 0.0841. The lowest BCUT2D eigenvalue weighted by molar-refractivity contribution is -0.141. The maximum Gasteiger partial charge on any atom is 0.305 e. The van der Waals surface area contributed by atoms with Crippen LogP contribution in [0.4, 0.5) is 0 Å². The van der Waals surface area contributed by atoms with Crippen molar-refractivity contribution < 1.29 is 28.7 Å². The Balaban J connectivity index is 3.84. The van der Waals surface area contributed by atoms with Crippen molar-refractivity contribution in [2.24, 2.45) is 5.92 Å². The van der Waals surface area contributed by atoms with Gasteiger partial charge in [-0.15, -0.1) is 0 Å². The van der Waals surface area contributed by atoms with E-state index in [1.165, 1.54) is 14.2 Å². The average Bonchev–Trinajstić information content (AvgIpc) is 2.65. The van der Waals surface area contributed by atoms with E-state index in [2.05, 4.69) is 9.47 Å². The van der Waals surface area contributed by atoms with Gasteiger partial charge in [0.1, 0.15) is 5.78 Å². The molecule has 0 rings (SSSR count). The Morgan fingerprint density at radius 1 is 0.667 bits per heavy atom. The van der Waals surface area contributed by atoms with Crippen LogP contribution >= 0.6 is 11.6 Å². The van der Waals surface area contributed by atoms with Gasteiger partial charge < -0.3 is 9.47 Å². The molecule has 0 N–H and O–H groups in total. The highest BCUT2D eigenvalue weighted by atomic mass is 35.5. The lowest BCUT2D eigenvalue weighted by atomic mass is 9.94. The number of ketones is 1. The minimum Gasteiger partial charge on any atom is -0.469 e. The molecule has 0 bridgehead atoms. The molecule has 1 unspecified atom stereocenters. The van der Waals surface area contributed by atoms with Crippen molar-refractivity contribution in [3.63, 3.8) is 0 Å². The number of Topliss-reactive ketones (excluding diaryl/α,β-unsaturated/α-hetero) is 1. The summed E-state index contributed by atoms with van der Waals surface area (Å²) in [4.78, 5) is 45.8. The van der Waals surface area contributed by atoms with E-state index >= 15 is 0 Å². The molecule has 0 aromatic rings. The fourth-order valence-electron chi connectivity index (χ4n) is 2.85. The Labute approximate surface area is 167 Å². The lowest BCUT2D eigenvalue weighted by Crippen LogP contribution is -2.20. The molecular formula is C20H33ClO6. The topological polar surface area (TPSA) is 86.7 Å². The van der Waals surface area contributed by atoms with E-state index in [0.29, 0.717) is 25.7 Å². The number of hydrogen-bond acceptors (Lipinski definition) is 6. The number of esters is 2. The molecule has 0 saturated heterocycles. The molecule has 1 atom stereocenters. The van der Waals surface area contributed by atoms with Crippen molar-refractivity contribution in [3.8, 4) is 0 Å². The normalized spacial score (nSPS) is 11.7. The van der Waals surface area contributed by atoms with E-state index in [1.54, 1.807) is 0 Å². The fraction of sp³-hybridized carbons (Fsp3) is 0.800. The Morgan fingerprint density at radius 2 is 1.07 bits per heavy atom. The van der Waals surface area contributed by atoms with Crippen LogP contribution in [0.25, 0.3) is 0 Å². The Kier molecular flexibility index (Phi) is 15.8. The van der Waals surface area contributed by atoms with Crippen molar-refractivity contribution in [1.29, 1.82) is 0 Å². The maximum absolute atomic E-state index is 12.2. The Bertz CT molecular complexity index is 463. The van der Waals surface area contributed by atoms with Crippen molar-refractivity contribution in [1.82, 2.24) is 0 Å². The van der Waals surface area contributed by atoms with Gasteiger partial charge >= 0.3 is 11.9 Å². The number of unbranched alkanes of at least 4 members (excludes halogenated alkanes) is 7. The van der Waals surface area contributed by atoms with Gasteiger partial charge in [-0.3, -0.25) is 19.2 Å². The summed E-state index contributed by atoms with van der Waals surface area (Å²) in [5, 5.41) is -0.576. The zero-order valence-corrected chi connectivity index (χ0v) is 17.4. The number of halogens is 1. The summed E-state index contributed by atoms with van der Waals surface area (Å²) in [6.07, 6.45) is 9.14. The van der Waals surface area contributed by atoms with Crippen molar-refractivity contribution in [2.45, 2.75) is 83.5 Å². The van der Waals surface area contributed by atoms with Gasteiger partial charge in [0, 0.05) is 19.3 Å². The fourth-order valence-corrected chi connectivity index (χ4v) is 3.08. The summed E-state index contributed by atoms with van der Waals surface area (Å²) in [6.45, 7) is 0. The van der Waals surface area contributed by atoms with Crippen LogP contribution in [-0.4, -0.2) is 37.2 Å². The molecule has 7 heteroatoms. The largest absolute Gasteiger partial charge is 0.469 e. The molecule has 0 fully saturated rings. The second kappa shape index (κ2) is 16.7. The van der Waals surface area contributed by atoms with Crippen LogP contribution in [0.3, 0.4) is 0 Å². The first kappa shape index (κ1) is 25.6. The van der Waals surface area contributed by atoms with Gasteiger partial charge in [-0.05, 0) is 37.3 Å². The maximum atomic E-state index is 12.2. The number of carbonyl (C=O) groups is 4. The standard InChI is InChI=1S/C20H33ClO6/c1-26-18(23)14-10-5-3-4-9-13-17(22)16(20(21)25)12-8-6-7-11-15-19(24)27-2/h16H,3-15H2,1-2H3. The summed E-state index contributed by atoms with van der Waals surface area (Å²) in [5.41, 5.74) is 0. The van der Waals surface area contributed by atoms with Crippen LogP contribution in [0.5, 0.6) is 0 Å². The number of hydrogen-bond donors (Lipinski definition) is 0. The third-order valence-corrected chi connectivity index (χ3v) is 4.81. The van der Waals surface area contributed by atoms with Gasteiger partial charge in [-0.2, -0.15) is 0 Å². The summed E-state index contributed by atoms with van der Waals surface area (Å²) in [7, 11) is 2.75. The van der Waals surface area contributed by atoms with Crippen LogP contribution in [0, 0.1) is 5.92 Å². The van der Waals surface area contributed by atoms with E-state index in [9.17, 15) is 19.2 Å². The van der Waals surface area contributed by atoms with Crippen LogP contribution < -0.4 is 0 Å². The molecule has 0 aliphatic carbocycles. The highest BCUT2D eigenvalue weighted by Gasteiger charge is 2.23. The summed E-state index contributed by atoms with van der Waals surface area (Å²) < 4.78 is 9.15. The molecule has 0 saturated carbocycles. The van der Waals surface area contributed by atoms with Gasteiger partial charge in [0.2, 0.25) is 5.24 Å².